The van der Waals surface area contributed by atoms with E-state index >= 15 is 0 Å². The maximum atomic E-state index is 12.2. The summed E-state index contributed by atoms with van der Waals surface area (Å²) in [6.45, 7) is 4.79. The topological polar surface area (TPSA) is 55.8 Å². The first-order valence-electron chi connectivity index (χ1n) is 7.19. The van der Waals surface area contributed by atoms with Crippen LogP contribution in [0.4, 0.5) is 4.79 Å². The lowest BCUT2D eigenvalue weighted by atomic mass is 10.2. The first-order chi connectivity index (χ1) is 11.1. The van der Waals surface area contributed by atoms with Gasteiger partial charge in [-0.3, -0.25) is 14.5 Å². The van der Waals surface area contributed by atoms with Crippen molar-refractivity contribution in [3.8, 4) is 23.8 Å². The Morgan fingerprint density at radius 1 is 1.22 bits per heavy atom. The summed E-state index contributed by atoms with van der Waals surface area (Å²) in [6, 6.07) is 5.37. The second-order valence-electron chi connectivity index (χ2n) is 4.54. The molecular weight excluding hydrogens is 314 g/mol. The van der Waals surface area contributed by atoms with Crippen LogP contribution in [0.25, 0.3) is 6.08 Å². The van der Waals surface area contributed by atoms with Gasteiger partial charge in [0.25, 0.3) is 11.1 Å². The summed E-state index contributed by atoms with van der Waals surface area (Å²) in [5.74, 6) is 3.19. The van der Waals surface area contributed by atoms with E-state index in [2.05, 4.69) is 5.92 Å². The van der Waals surface area contributed by atoms with Crippen LogP contribution in [0.5, 0.6) is 11.5 Å². The molecule has 6 heteroatoms. The molecule has 0 aliphatic carbocycles. The molecule has 1 aromatic carbocycles. The van der Waals surface area contributed by atoms with E-state index in [4.69, 9.17) is 15.9 Å². The standard InChI is InChI=1S/C17H17NO4S/c1-4-9-18-16(19)15(23-17(18)20)11-12-7-8-13(21-5-2)14(10-12)22-6-3/h1,7-8,10-11H,5-6,9H2,2-3H3. The predicted octanol–water partition coefficient (Wildman–Crippen LogP) is 3.15. The smallest absolute Gasteiger partial charge is 0.294 e. The van der Waals surface area contributed by atoms with Gasteiger partial charge < -0.3 is 9.47 Å². The van der Waals surface area contributed by atoms with Crippen molar-refractivity contribution in [2.75, 3.05) is 19.8 Å². The number of rotatable bonds is 6. The molecule has 1 aliphatic rings. The fraction of sp³-hybridized carbons (Fsp3) is 0.294. The van der Waals surface area contributed by atoms with Gasteiger partial charge >= 0.3 is 0 Å². The maximum Gasteiger partial charge on any atom is 0.294 e. The summed E-state index contributed by atoms with van der Waals surface area (Å²) in [5, 5.41) is -0.352. The number of amides is 2. The molecular formula is C17H17NO4S. The van der Waals surface area contributed by atoms with Crippen LogP contribution in [-0.2, 0) is 4.79 Å². The molecule has 1 heterocycles. The average molecular weight is 331 g/mol. The van der Waals surface area contributed by atoms with Crippen LogP contribution in [0.15, 0.2) is 23.1 Å². The van der Waals surface area contributed by atoms with Gasteiger partial charge in [-0.1, -0.05) is 12.0 Å². The second kappa shape index (κ2) is 7.75. The Balaban J connectivity index is 2.29. The molecule has 2 amide bonds. The Labute approximate surface area is 139 Å². The Kier molecular flexibility index (Phi) is 5.72. The number of ether oxygens (including phenoxy) is 2. The summed E-state index contributed by atoms with van der Waals surface area (Å²) in [5.41, 5.74) is 0.753. The molecule has 1 fully saturated rings. The van der Waals surface area contributed by atoms with Gasteiger partial charge in [-0.15, -0.1) is 6.42 Å². The van der Waals surface area contributed by atoms with E-state index in [1.54, 1.807) is 18.2 Å². The second-order valence-corrected chi connectivity index (χ2v) is 5.54. The lowest BCUT2D eigenvalue weighted by Gasteiger charge is -2.11. The van der Waals surface area contributed by atoms with E-state index < -0.39 is 0 Å². The van der Waals surface area contributed by atoms with Crippen LogP contribution in [0.2, 0.25) is 0 Å². The molecule has 0 radical (unpaired) electrons. The molecule has 23 heavy (non-hydrogen) atoms. The number of nitrogens with zero attached hydrogens (tertiary/aromatic N) is 1. The number of hydrogen-bond donors (Lipinski definition) is 0. The van der Waals surface area contributed by atoms with Gasteiger partial charge in [0.2, 0.25) is 0 Å². The highest BCUT2D eigenvalue weighted by atomic mass is 32.2. The van der Waals surface area contributed by atoms with Crippen molar-refractivity contribution < 1.29 is 19.1 Å². The van der Waals surface area contributed by atoms with Crippen LogP contribution < -0.4 is 9.47 Å². The number of carbonyl (C=O) groups is 2. The Hall–Kier alpha value is -2.39. The summed E-state index contributed by atoms with van der Waals surface area (Å²) in [4.78, 5) is 25.3. The van der Waals surface area contributed by atoms with Gasteiger partial charge in [0.15, 0.2) is 11.5 Å². The third kappa shape index (κ3) is 3.88. The zero-order chi connectivity index (χ0) is 16.8. The molecule has 1 saturated heterocycles. The van der Waals surface area contributed by atoms with Gasteiger partial charge in [-0.25, -0.2) is 0 Å². The number of hydrogen-bond acceptors (Lipinski definition) is 5. The molecule has 0 N–H and O–H groups in total. The minimum atomic E-state index is -0.371. The largest absolute Gasteiger partial charge is 0.490 e. The molecule has 0 atom stereocenters. The summed E-state index contributed by atoms with van der Waals surface area (Å²) >= 11 is 0.881. The van der Waals surface area contributed by atoms with Crippen molar-refractivity contribution in [2.24, 2.45) is 0 Å². The molecule has 120 valence electrons. The van der Waals surface area contributed by atoms with Crippen molar-refractivity contribution in [1.82, 2.24) is 4.90 Å². The Morgan fingerprint density at radius 2 is 1.91 bits per heavy atom. The number of thioether (sulfide) groups is 1. The Bertz CT molecular complexity index is 690. The van der Waals surface area contributed by atoms with Crippen LogP contribution in [0.3, 0.4) is 0 Å². The van der Waals surface area contributed by atoms with Gasteiger partial charge in [0.1, 0.15) is 0 Å². The molecule has 1 aromatic rings. The average Bonchev–Trinajstić information content (AvgIpc) is 2.78. The number of benzene rings is 1. The molecule has 0 aromatic heterocycles. The van der Waals surface area contributed by atoms with Gasteiger partial charge in [-0.05, 0) is 49.4 Å². The van der Waals surface area contributed by atoms with Crippen molar-refractivity contribution in [2.45, 2.75) is 13.8 Å². The number of imide groups is 1. The fourth-order valence-electron chi connectivity index (χ4n) is 2.04. The van der Waals surface area contributed by atoms with Crippen molar-refractivity contribution >= 4 is 29.0 Å². The Morgan fingerprint density at radius 3 is 2.57 bits per heavy atom. The van der Waals surface area contributed by atoms with Gasteiger partial charge in [0, 0.05) is 0 Å². The highest BCUT2D eigenvalue weighted by molar-refractivity contribution is 8.18. The first kappa shape index (κ1) is 17.0. The normalized spacial score (nSPS) is 15.9. The van der Waals surface area contributed by atoms with Crippen molar-refractivity contribution in [3.63, 3.8) is 0 Å². The highest BCUT2D eigenvalue weighted by Gasteiger charge is 2.34. The van der Waals surface area contributed by atoms with E-state index in [-0.39, 0.29) is 17.7 Å². The molecule has 2 rings (SSSR count). The van der Waals surface area contributed by atoms with Crippen LogP contribution in [-0.4, -0.2) is 35.8 Å². The molecule has 1 aliphatic heterocycles. The van der Waals surface area contributed by atoms with Gasteiger partial charge in [0.05, 0.1) is 24.7 Å². The van der Waals surface area contributed by atoms with Gasteiger partial charge in [-0.2, -0.15) is 0 Å². The predicted molar refractivity (Wildman–Crippen MR) is 90.3 cm³/mol. The lowest BCUT2D eigenvalue weighted by molar-refractivity contribution is -0.122. The summed E-state index contributed by atoms with van der Waals surface area (Å²) in [6.07, 6.45) is 6.83. The van der Waals surface area contributed by atoms with E-state index in [9.17, 15) is 9.59 Å². The summed E-state index contributed by atoms with van der Waals surface area (Å²) < 4.78 is 11.1. The maximum absolute atomic E-state index is 12.2. The van der Waals surface area contributed by atoms with E-state index in [1.807, 2.05) is 19.9 Å². The van der Waals surface area contributed by atoms with Crippen LogP contribution >= 0.6 is 11.8 Å². The molecule has 5 nitrogen and oxygen atoms in total. The van der Waals surface area contributed by atoms with E-state index in [0.717, 1.165) is 22.2 Å². The number of terminal acetylenes is 1. The number of carbonyl (C=O) groups excluding carboxylic acids is 2. The quantitative estimate of drug-likeness (QED) is 0.592. The highest BCUT2D eigenvalue weighted by Crippen LogP contribution is 2.34. The molecule has 0 bridgehead atoms. The molecule has 0 saturated carbocycles. The lowest BCUT2D eigenvalue weighted by Crippen LogP contribution is -2.28. The third-order valence-corrected chi connectivity index (χ3v) is 3.90. The molecule has 0 spiro atoms. The minimum absolute atomic E-state index is 0.0184. The summed E-state index contributed by atoms with van der Waals surface area (Å²) in [7, 11) is 0. The third-order valence-electron chi connectivity index (χ3n) is 2.99. The van der Waals surface area contributed by atoms with Crippen molar-refractivity contribution in [1.29, 1.82) is 0 Å². The van der Waals surface area contributed by atoms with E-state index in [1.165, 1.54) is 0 Å². The van der Waals surface area contributed by atoms with Crippen LogP contribution in [0, 0.1) is 12.3 Å². The zero-order valence-electron chi connectivity index (χ0n) is 13.0. The molecule has 0 unspecified atom stereocenters. The SMILES string of the molecule is C#CCN1C(=O)SC(=Cc2ccc(OCC)c(OCC)c2)C1=O. The monoisotopic (exact) mass is 331 g/mol. The first-order valence-corrected chi connectivity index (χ1v) is 8.00. The van der Waals surface area contributed by atoms with Crippen LogP contribution in [0.1, 0.15) is 19.4 Å². The fourth-order valence-corrected chi connectivity index (χ4v) is 2.87. The zero-order valence-corrected chi connectivity index (χ0v) is 13.8. The van der Waals surface area contributed by atoms with Crippen molar-refractivity contribution in [3.05, 3.63) is 28.7 Å². The van der Waals surface area contributed by atoms with E-state index in [0.29, 0.717) is 29.6 Å². The minimum Gasteiger partial charge on any atom is -0.490 e.